The molecule has 1 N–H and O–H groups in total. The number of amides is 2. The van der Waals surface area contributed by atoms with Gasteiger partial charge in [0.1, 0.15) is 11.3 Å². The number of nitrogens with zero attached hydrogens (tertiary/aromatic N) is 2. The van der Waals surface area contributed by atoms with Crippen LogP contribution in [0.4, 0.5) is 11.4 Å². The van der Waals surface area contributed by atoms with Crippen molar-refractivity contribution in [1.82, 2.24) is 5.16 Å². The number of aryl methyl sites for hydroxylation is 2. The van der Waals surface area contributed by atoms with Crippen molar-refractivity contribution < 1.29 is 14.1 Å². The Morgan fingerprint density at radius 2 is 2.26 bits per heavy atom. The predicted molar refractivity (Wildman–Crippen MR) is 86.6 cm³/mol. The van der Waals surface area contributed by atoms with Crippen LogP contribution in [-0.4, -0.2) is 23.5 Å². The zero-order valence-corrected chi connectivity index (χ0v) is 13.3. The van der Waals surface area contributed by atoms with Crippen LogP contribution >= 0.6 is 0 Å². The summed E-state index contributed by atoms with van der Waals surface area (Å²) < 4.78 is 5.10. The van der Waals surface area contributed by atoms with Crippen molar-refractivity contribution in [1.29, 1.82) is 0 Å². The van der Waals surface area contributed by atoms with Crippen LogP contribution in [0.5, 0.6) is 0 Å². The van der Waals surface area contributed by atoms with Gasteiger partial charge < -0.3 is 14.7 Å². The van der Waals surface area contributed by atoms with Crippen molar-refractivity contribution in [3.05, 3.63) is 41.3 Å². The molecule has 0 radical (unpaired) electrons. The lowest BCUT2D eigenvalue weighted by Crippen LogP contribution is -2.23. The highest BCUT2D eigenvalue weighted by molar-refractivity contribution is 6.06. The van der Waals surface area contributed by atoms with Crippen molar-refractivity contribution in [2.75, 3.05) is 16.8 Å². The molecule has 1 aliphatic rings. The SMILES string of the molecule is CCc1noc(C)c1C(=O)Nc1cccc(N2CCCC2=O)c1. The molecule has 6 nitrogen and oxygen atoms in total. The standard InChI is InChI=1S/C17H19N3O3/c1-3-14-16(11(2)23-19-14)17(22)18-12-6-4-7-13(10-12)20-9-5-8-15(20)21/h4,6-7,10H,3,5,8-9H2,1-2H3,(H,18,22). The molecule has 0 spiro atoms. The summed E-state index contributed by atoms with van der Waals surface area (Å²) in [5.41, 5.74) is 2.58. The molecule has 0 saturated carbocycles. The van der Waals surface area contributed by atoms with Crippen LogP contribution in [-0.2, 0) is 11.2 Å². The van der Waals surface area contributed by atoms with Gasteiger partial charge in [0.2, 0.25) is 5.91 Å². The van der Waals surface area contributed by atoms with E-state index in [-0.39, 0.29) is 11.8 Å². The summed E-state index contributed by atoms with van der Waals surface area (Å²) in [4.78, 5) is 26.1. The molecule has 2 heterocycles. The molecule has 0 atom stereocenters. The van der Waals surface area contributed by atoms with Gasteiger partial charge in [-0.25, -0.2) is 0 Å². The number of hydrogen-bond donors (Lipinski definition) is 1. The number of carbonyl (C=O) groups excluding carboxylic acids is 2. The minimum Gasteiger partial charge on any atom is -0.361 e. The lowest BCUT2D eigenvalue weighted by molar-refractivity contribution is -0.117. The Hall–Kier alpha value is -2.63. The maximum atomic E-state index is 12.5. The molecule has 0 aliphatic carbocycles. The van der Waals surface area contributed by atoms with Gasteiger partial charge in [0.25, 0.3) is 5.91 Å². The van der Waals surface area contributed by atoms with Crippen molar-refractivity contribution in [2.45, 2.75) is 33.1 Å². The third kappa shape index (κ3) is 2.97. The van der Waals surface area contributed by atoms with Gasteiger partial charge in [0.15, 0.2) is 0 Å². The highest BCUT2D eigenvalue weighted by Crippen LogP contribution is 2.25. The lowest BCUT2D eigenvalue weighted by Gasteiger charge is -2.16. The van der Waals surface area contributed by atoms with Gasteiger partial charge in [0, 0.05) is 24.3 Å². The van der Waals surface area contributed by atoms with E-state index in [0.717, 1.165) is 18.7 Å². The number of carbonyl (C=O) groups is 2. The van der Waals surface area contributed by atoms with Gasteiger partial charge in [-0.3, -0.25) is 9.59 Å². The van der Waals surface area contributed by atoms with Gasteiger partial charge in [0.05, 0.1) is 5.69 Å². The van der Waals surface area contributed by atoms with Crippen LogP contribution in [0, 0.1) is 6.92 Å². The van der Waals surface area contributed by atoms with E-state index in [4.69, 9.17) is 4.52 Å². The summed E-state index contributed by atoms with van der Waals surface area (Å²) in [5.74, 6) is 0.382. The fourth-order valence-corrected chi connectivity index (χ4v) is 2.82. The van der Waals surface area contributed by atoms with E-state index in [1.165, 1.54) is 0 Å². The van der Waals surface area contributed by atoms with Gasteiger partial charge in [-0.05, 0) is 38.0 Å². The van der Waals surface area contributed by atoms with Crippen LogP contribution in [0.1, 0.15) is 41.6 Å². The number of aromatic nitrogens is 1. The van der Waals surface area contributed by atoms with Crippen molar-refractivity contribution in [2.24, 2.45) is 0 Å². The Labute approximate surface area is 134 Å². The third-order valence-electron chi connectivity index (χ3n) is 3.98. The minimum absolute atomic E-state index is 0.122. The third-order valence-corrected chi connectivity index (χ3v) is 3.98. The van der Waals surface area contributed by atoms with E-state index >= 15 is 0 Å². The average molecular weight is 313 g/mol. The molecular weight excluding hydrogens is 294 g/mol. The van der Waals surface area contributed by atoms with Crippen LogP contribution in [0.3, 0.4) is 0 Å². The molecular formula is C17H19N3O3. The normalized spacial score (nSPS) is 14.3. The quantitative estimate of drug-likeness (QED) is 0.941. The molecule has 1 aromatic carbocycles. The second-order valence-electron chi connectivity index (χ2n) is 5.57. The van der Waals surface area contributed by atoms with Crippen molar-refractivity contribution >= 4 is 23.2 Å². The second kappa shape index (κ2) is 6.24. The second-order valence-corrected chi connectivity index (χ2v) is 5.57. The largest absolute Gasteiger partial charge is 0.361 e. The first-order valence-corrected chi connectivity index (χ1v) is 7.77. The maximum absolute atomic E-state index is 12.5. The van der Waals surface area contributed by atoms with Crippen LogP contribution < -0.4 is 10.2 Å². The van der Waals surface area contributed by atoms with E-state index < -0.39 is 0 Å². The number of anilines is 2. The Balaban J connectivity index is 1.81. The number of benzene rings is 1. The maximum Gasteiger partial charge on any atom is 0.261 e. The molecule has 3 rings (SSSR count). The molecule has 0 bridgehead atoms. The summed E-state index contributed by atoms with van der Waals surface area (Å²) in [6.07, 6.45) is 2.08. The van der Waals surface area contributed by atoms with Gasteiger partial charge >= 0.3 is 0 Å². The minimum atomic E-state index is -0.245. The molecule has 2 amide bonds. The smallest absolute Gasteiger partial charge is 0.261 e. The number of nitrogens with one attached hydrogen (secondary N) is 1. The first kappa shape index (κ1) is 15.3. The summed E-state index contributed by atoms with van der Waals surface area (Å²) in [5, 5.41) is 6.76. The highest BCUT2D eigenvalue weighted by atomic mass is 16.5. The summed E-state index contributed by atoms with van der Waals surface area (Å²) in [6, 6.07) is 7.32. The molecule has 2 aromatic rings. The fourth-order valence-electron chi connectivity index (χ4n) is 2.82. The first-order valence-electron chi connectivity index (χ1n) is 7.77. The van der Waals surface area contributed by atoms with Gasteiger partial charge in [-0.1, -0.05) is 18.1 Å². The Kier molecular flexibility index (Phi) is 4.14. The highest BCUT2D eigenvalue weighted by Gasteiger charge is 2.23. The van der Waals surface area contributed by atoms with E-state index in [1.807, 2.05) is 25.1 Å². The zero-order valence-electron chi connectivity index (χ0n) is 13.3. The first-order chi connectivity index (χ1) is 11.1. The molecule has 1 aliphatic heterocycles. The van der Waals surface area contributed by atoms with Crippen molar-refractivity contribution in [3.63, 3.8) is 0 Å². The topological polar surface area (TPSA) is 75.4 Å². The van der Waals surface area contributed by atoms with Crippen molar-refractivity contribution in [3.8, 4) is 0 Å². The predicted octanol–water partition coefficient (Wildman–Crippen LogP) is 2.92. The fraction of sp³-hybridized carbons (Fsp3) is 0.353. The number of hydrogen-bond acceptors (Lipinski definition) is 4. The van der Waals surface area contributed by atoms with Crippen LogP contribution in [0.15, 0.2) is 28.8 Å². The Morgan fingerprint density at radius 3 is 2.96 bits per heavy atom. The monoisotopic (exact) mass is 313 g/mol. The van der Waals surface area contributed by atoms with E-state index in [9.17, 15) is 9.59 Å². The Morgan fingerprint density at radius 1 is 1.43 bits per heavy atom. The van der Waals surface area contributed by atoms with E-state index in [2.05, 4.69) is 10.5 Å². The lowest BCUT2D eigenvalue weighted by atomic mass is 10.1. The molecule has 120 valence electrons. The van der Waals surface area contributed by atoms with Crippen LogP contribution in [0.2, 0.25) is 0 Å². The van der Waals surface area contributed by atoms with Crippen LogP contribution in [0.25, 0.3) is 0 Å². The van der Waals surface area contributed by atoms with E-state index in [1.54, 1.807) is 17.9 Å². The summed E-state index contributed by atoms with van der Waals surface area (Å²) in [7, 11) is 0. The summed E-state index contributed by atoms with van der Waals surface area (Å²) >= 11 is 0. The molecule has 23 heavy (non-hydrogen) atoms. The molecule has 6 heteroatoms. The number of rotatable bonds is 4. The molecule has 1 aromatic heterocycles. The van der Waals surface area contributed by atoms with Gasteiger partial charge in [-0.2, -0.15) is 0 Å². The van der Waals surface area contributed by atoms with Gasteiger partial charge in [-0.15, -0.1) is 0 Å². The molecule has 1 fully saturated rings. The van der Waals surface area contributed by atoms with E-state index in [0.29, 0.717) is 35.5 Å². The molecule has 0 unspecified atom stereocenters. The molecule has 1 saturated heterocycles. The average Bonchev–Trinajstić information content (AvgIpc) is 3.13. The Bertz CT molecular complexity index is 751. The summed E-state index contributed by atoms with van der Waals surface area (Å²) in [6.45, 7) is 4.37. The zero-order chi connectivity index (χ0) is 16.4.